The Morgan fingerprint density at radius 1 is 1.29 bits per heavy atom. The molecule has 0 aliphatic heterocycles. The van der Waals surface area contributed by atoms with Crippen molar-refractivity contribution >= 4 is 17.2 Å². The van der Waals surface area contributed by atoms with E-state index < -0.39 is 0 Å². The van der Waals surface area contributed by atoms with Crippen molar-refractivity contribution in [2.24, 2.45) is 0 Å². The van der Waals surface area contributed by atoms with Crippen molar-refractivity contribution in [3.63, 3.8) is 0 Å². The SMILES string of the molecule is CCC(C)NC(=O)c1cc(-c2csc(C)n2)n(Cc2ccc(OC)cc2)c1C. The van der Waals surface area contributed by atoms with Gasteiger partial charge in [0.25, 0.3) is 5.91 Å². The molecule has 0 bridgehead atoms. The summed E-state index contributed by atoms with van der Waals surface area (Å²) in [5.74, 6) is 0.797. The molecule has 28 heavy (non-hydrogen) atoms. The summed E-state index contributed by atoms with van der Waals surface area (Å²) in [4.78, 5) is 17.5. The number of aryl methyl sites for hydroxylation is 1. The predicted molar refractivity (Wildman–Crippen MR) is 114 cm³/mol. The lowest BCUT2D eigenvalue weighted by molar-refractivity contribution is 0.0938. The Morgan fingerprint density at radius 3 is 2.57 bits per heavy atom. The molecule has 0 aliphatic carbocycles. The monoisotopic (exact) mass is 397 g/mol. The second kappa shape index (κ2) is 8.61. The lowest BCUT2D eigenvalue weighted by Crippen LogP contribution is -2.32. The Labute approximate surface area is 170 Å². The topological polar surface area (TPSA) is 56.2 Å². The van der Waals surface area contributed by atoms with Crippen molar-refractivity contribution < 1.29 is 9.53 Å². The lowest BCUT2D eigenvalue weighted by atomic mass is 10.2. The van der Waals surface area contributed by atoms with Gasteiger partial charge in [-0.05, 0) is 51.0 Å². The number of nitrogens with zero attached hydrogens (tertiary/aromatic N) is 2. The molecule has 0 saturated carbocycles. The van der Waals surface area contributed by atoms with Gasteiger partial charge in [-0.2, -0.15) is 0 Å². The molecule has 1 amide bonds. The van der Waals surface area contributed by atoms with Crippen molar-refractivity contribution in [2.75, 3.05) is 7.11 Å². The highest BCUT2D eigenvalue weighted by Gasteiger charge is 2.20. The molecule has 6 heteroatoms. The van der Waals surface area contributed by atoms with Crippen LogP contribution in [0.15, 0.2) is 35.7 Å². The normalized spacial score (nSPS) is 12.0. The van der Waals surface area contributed by atoms with E-state index in [2.05, 4.69) is 21.8 Å². The van der Waals surface area contributed by atoms with E-state index in [0.29, 0.717) is 12.1 Å². The summed E-state index contributed by atoms with van der Waals surface area (Å²) in [5, 5.41) is 6.13. The van der Waals surface area contributed by atoms with Gasteiger partial charge in [-0.3, -0.25) is 4.79 Å². The molecule has 0 radical (unpaired) electrons. The molecule has 1 N–H and O–H groups in total. The molecule has 0 spiro atoms. The average molecular weight is 398 g/mol. The molecule has 3 rings (SSSR count). The molecule has 148 valence electrons. The van der Waals surface area contributed by atoms with E-state index in [9.17, 15) is 4.79 Å². The first-order valence-corrected chi connectivity index (χ1v) is 10.4. The quantitative estimate of drug-likeness (QED) is 0.622. The van der Waals surface area contributed by atoms with Crippen molar-refractivity contribution in [1.82, 2.24) is 14.9 Å². The van der Waals surface area contributed by atoms with Crippen LogP contribution in [0.4, 0.5) is 0 Å². The van der Waals surface area contributed by atoms with Gasteiger partial charge in [0, 0.05) is 23.7 Å². The fourth-order valence-corrected chi connectivity index (χ4v) is 3.70. The van der Waals surface area contributed by atoms with Crippen LogP contribution in [0.5, 0.6) is 5.75 Å². The fraction of sp³-hybridized carbons (Fsp3) is 0.364. The van der Waals surface area contributed by atoms with Gasteiger partial charge in [-0.1, -0.05) is 19.1 Å². The maximum Gasteiger partial charge on any atom is 0.253 e. The molecule has 1 atom stereocenters. The van der Waals surface area contributed by atoms with Gasteiger partial charge in [0.2, 0.25) is 0 Å². The largest absolute Gasteiger partial charge is 0.497 e. The molecule has 3 aromatic rings. The summed E-state index contributed by atoms with van der Waals surface area (Å²) in [5.41, 5.74) is 4.65. The van der Waals surface area contributed by atoms with Crippen LogP contribution in [0.3, 0.4) is 0 Å². The van der Waals surface area contributed by atoms with Crippen molar-refractivity contribution in [3.8, 4) is 17.1 Å². The minimum Gasteiger partial charge on any atom is -0.497 e. The second-order valence-electron chi connectivity index (χ2n) is 7.00. The molecule has 0 saturated heterocycles. The van der Waals surface area contributed by atoms with Crippen LogP contribution >= 0.6 is 11.3 Å². The van der Waals surface area contributed by atoms with Gasteiger partial charge in [0.1, 0.15) is 5.75 Å². The number of carbonyl (C=O) groups is 1. The number of ether oxygens (including phenoxy) is 1. The van der Waals surface area contributed by atoms with Crippen LogP contribution < -0.4 is 10.1 Å². The Bertz CT molecular complexity index is 957. The zero-order valence-corrected chi connectivity index (χ0v) is 17.9. The van der Waals surface area contributed by atoms with E-state index in [-0.39, 0.29) is 11.9 Å². The first-order valence-electron chi connectivity index (χ1n) is 9.49. The molecule has 2 heterocycles. The Hall–Kier alpha value is -2.60. The summed E-state index contributed by atoms with van der Waals surface area (Å²) >= 11 is 1.62. The molecular formula is C22H27N3O2S. The highest BCUT2D eigenvalue weighted by molar-refractivity contribution is 7.09. The van der Waals surface area contributed by atoms with E-state index in [1.807, 2.05) is 56.5 Å². The van der Waals surface area contributed by atoms with Crippen molar-refractivity contribution in [2.45, 2.75) is 46.7 Å². The summed E-state index contributed by atoms with van der Waals surface area (Å²) in [6.45, 7) is 8.74. The predicted octanol–water partition coefficient (Wildman–Crippen LogP) is 4.81. The number of aromatic nitrogens is 2. The van der Waals surface area contributed by atoms with Crippen molar-refractivity contribution in [3.05, 3.63) is 57.5 Å². The van der Waals surface area contributed by atoms with Crippen LogP contribution in [-0.2, 0) is 6.54 Å². The van der Waals surface area contributed by atoms with E-state index in [1.165, 1.54) is 0 Å². The number of nitrogens with one attached hydrogen (secondary N) is 1. The lowest BCUT2D eigenvalue weighted by Gasteiger charge is -2.13. The van der Waals surface area contributed by atoms with E-state index in [0.717, 1.165) is 39.8 Å². The van der Waals surface area contributed by atoms with Crippen LogP contribution in [0.2, 0.25) is 0 Å². The number of carbonyl (C=O) groups excluding carboxylic acids is 1. The zero-order valence-electron chi connectivity index (χ0n) is 17.1. The van der Waals surface area contributed by atoms with E-state index in [4.69, 9.17) is 4.74 Å². The zero-order chi connectivity index (χ0) is 20.3. The first kappa shape index (κ1) is 20.1. The third kappa shape index (κ3) is 4.28. The Kier molecular flexibility index (Phi) is 6.19. The van der Waals surface area contributed by atoms with Gasteiger partial charge < -0.3 is 14.6 Å². The highest BCUT2D eigenvalue weighted by atomic mass is 32.1. The summed E-state index contributed by atoms with van der Waals surface area (Å²) in [6, 6.07) is 10.1. The molecule has 2 aromatic heterocycles. The molecule has 5 nitrogen and oxygen atoms in total. The summed E-state index contributed by atoms with van der Waals surface area (Å²) in [7, 11) is 1.66. The molecule has 1 aromatic carbocycles. The molecule has 0 fully saturated rings. The number of benzene rings is 1. The average Bonchev–Trinajstić information content (AvgIpc) is 3.26. The molecule has 0 aliphatic rings. The van der Waals surface area contributed by atoms with Gasteiger partial charge in [0.05, 0.1) is 29.1 Å². The summed E-state index contributed by atoms with van der Waals surface area (Å²) < 4.78 is 7.42. The highest BCUT2D eigenvalue weighted by Crippen LogP contribution is 2.28. The van der Waals surface area contributed by atoms with E-state index in [1.54, 1.807) is 18.4 Å². The number of hydrogen-bond donors (Lipinski definition) is 1. The summed E-state index contributed by atoms with van der Waals surface area (Å²) in [6.07, 6.45) is 0.898. The maximum absolute atomic E-state index is 12.8. The molecule has 1 unspecified atom stereocenters. The number of hydrogen-bond acceptors (Lipinski definition) is 4. The van der Waals surface area contributed by atoms with Gasteiger partial charge in [0.15, 0.2) is 0 Å². The standard InChI is InChI=1S/C22H27N3O2S/c1-6-14(2)23-22(26)19-11-21(20-13-28-16(4)24-20)25(15(19)3)12-17-7-9-18(27-5)10-8-17/h7-11,13-14H,6,12H2,1-5H3,(H,23,26). The fourth-order valence-electron chi connectivity index (χ4n) is 3.09. The number of rotatable bonds is 7. The number of amides is 1. The van der Waals surface area contributed by atoms with Gasteiger partial charge in [-0.25, -0.2) is 4.98 Å². The second-order valence-corrected chi connectivity index (χ2v) is 8.06. The van der Waals surface area contributed by atoms with Crippen LogP contribution in [0.25, 0.3) is 11.4 Å². The Morgan fingerprint density at radius 2 is 2.00 bits per heavy atom. The maximum atomic E-state index is 12.8. The smallest absolute Gasteiger partial charge is 0.253 e. The van der Waals surface area contributed by atoms with Crippen molar-refractivity contribution in [1.29, 1.82) is 0 Å². The minimum atomic E-state index is -0.0338. The number of thiazole rings is 1. The van der Waals surface area contributed by atoms with Crippen LogP contribution in [0, 0.1) is 13.8 Å². The third-order valence-electron chi connectivity index (χ3n) is 4.98. The van der Waals surface area contributed by atoms with Crippen LogP contribution in [0.1, 0.15) is 46.9 Å². The van der Waals surface area contributed by atoms with Crippen LogP contribution in [-0.4, -0.2) is 28.6 Å². The van der Waals surface area contributed by atoms with E-state index >= 15 is 0 Å². The third-order valence-corrected chi connectivity index (χ3v) is 5.76. The van der Waals surface area contributed by atoms with Gasteiger partial charge >= 0.3 is 0 Å². The molecular weight excluding hydrogens is 370 g/mol. The van der Waals surface area contributed by atoms with Gasteiger partial charge in [-0.15, -0.1) is 11.3 Å². The number of methoxy groups -OCH3 is 1. The minimum absolute atomic E-state index is 0.0338. The Balaban J connectivity index is 2.01. The first-order chi connectivity index (χ1) is 13.4.